The fraction of sp³-hybridized carbons (Fsp3) is 0.323. The summed E-state index contributed by atoms with van der Waals surface area (Å²) in [6.07, 6.45) is 2.59. The van der Waals surface area contributed by atoms with E-state index in [0.717, 1.165) is 12.8 Å². The molecule has 3 aromatic carbocycles. The van der Waals surface area contributed by atoms with Crippen molar-refractivity contribution in [2.45, 2.75) is 50.1 Å². The van der Waals surface area contributed by atoms with Crippen molar-refractivity contribution in [1.82, 2.24) is 4.90 Å². The molecule has 2 fully saturated rings. The van der Waals surface area contributed by atoms with Crippen LogP contribution < -0.4 is 0 Å². The minimum absolute atomic E-state index is 0.00573. The third-order valence-electron chi connectivity index (χ3n) is 8.29. The van der Waals surface area contributed by atoms with Gasteiger partial charge in [-0.05, 0) is 71.7 Å². The average Bonchev–Trinajstić information content (AvgIpc) is 3.37. The van der Waals surface area contributed by atoms with Crippen LogP contribution >= 0.6 is 0 Å². The lowest BCUT2D eigenvalue weighted by atomic mass is 9.84. The van der Waals surface area contributed by atoms with Gasteiger partial charge in [0.15, 0.2) is 0 Å². The molecule has 1 aliphatic carbocycles. The van der Waals surface area contributed by atoms with Gasteiger partial charge < -0.3 is 9.64 Å². The van der Waals surface area contributed by atoms with Crippen LogP contribution in [0.15, 0.2) is 66.7 Å². The second-order valence-electron chi connectivity index (χ2n) is 10.3. The molecule has 6 rings (SSSR count). The molecule has 0 aromatic heterocycles. The number of nitrogens with zero attached hydrogens (tertiary/aromatic N) is 2. The summed E-state index contributed by atoms with van der Waals surface area (Å²) < 4.78 is 19.6. The van der Waals surface area contributed by atoms with Gasteiger partial charge in [0.1, 0.15) is 18.2 Å². The molecule has 2 heterocycles. The van der Waals surface area contributed by atoms with E-state index in [1.807, 2.05) is 35.2 Å². The Bertz CT molecular complexity index is 1370. The molecular formula is C31H27FN2O3. The molecule has 2 aliphatic heterocycles. The summed E-state index contributed by atoms with van der Waals surface area (Å²) in [6.45, 7) is 0.279. The van der Waals surface area contributed by atoms with Gasteiger partial charge in [-0.2, -0.15) is 5.26 Å². The minimum Gasteiger partial charge on any atom is -0.448 e. The number of fused-ring (bicyclic) bond motifs is 5. The van der Waals surface area contributed by atoms with Crippen LogP contribution in [0.4, 0.5) is 9.18 Å². The first kappa shape index (κ1) is 23.4. The van der Waals surface area contributed by atoms with Gasteiger partial charge in [0.2, 0.25) is 0 Å². The second kappa shape index (κ2) is 9.48. The van der Waals surface area contributed by atoms with Gasteiger partial charge in [-0.25, -0.2) is 9.18 Å². The molecule has 3 aromatic rings. The number of hydrogen-bond donors (Lipinski definition) is 0. The molecule has 2 unspecified atom stereocenters. The summed E-state index contributed by atoms with van der Waals surface area (Å²) in [5.74, 6) is -0.642. The van der Waals surface area contributed by atoms with E-state index in [0.29, 0.717) is 24.0 Å². The predicted octanol–water partition coefficient (Wildman–Crippen LogP) is 6.00. The Kier molecular flexibility index (Phi) is 6.00. The number of rotatable bonds is 5. The molecular weight excluding hydrogens is 467 g/mol. The molecule has 2 saturated heterocycles. The van der Waals surface area contributed by atoms with Crippen molar-refractivity contribution in [1.29, 1.82) is 5.26 Å². The Labute approximate surface area is 215 Å². The van der Waals surface area contributed by atoms with Gasteiger partial charge in [-0.15, -0.1) is 0 Å². The number of Topliss-reactive ketones (excluding diaryl/α,β-unsaturated/α-hetero) is 1. The summed E-state index contributed by atoms with van der Waals surface area (Å²) in [7, 11) is 0. The van der Waals surface area contributed by atoms with Crippen LogP contribution in [0.3, 0.4) is 0 Å². The molecule has 3 aliphatic rings. The summed E-state index contributed by atoms with van der Waals surface area (Å²) in [5.41, 5.74) is 5.50. The molecule has 0 radical (unpaired) electrons. The van der Waals surface area contributed by atoms with Crippen LogP contribution in [-0.2, 0) is 16.0 Å². The smallest absolute Gasteiger partial charge is 0.410 e. The number of nitriles is 1. The summed E-state index contributed by atoms with van der Waals surface area (Å²) in [5, 5.41) is 9.32. The van der Waals surface area contributed by atoms with Gasteiger partial charge in [0, 0.05) is 30.3 Å². The van der Waals surface area contributed by atoms with Crippen molar-refractivity contribution in [3.05, 3.63) is 94.8 Å². The highest BCUT2D eigenvalue weighted by atomic mass is 19.1. The molecule has 5 nitrogen and oxygen atoms in total. The normalized spacial score (nSPS) is 21.7. The second-order valence-corrected chi connectivity index (χ2v) is 10.3. The number of halogens is 1. The van der Waals surface area contributed by atoms with Crippen LogP contribution in [0.2, 0.25) is 0 Å². The van der Waals surface area contributed by atoms with E-state index in [9.17, 15) is 19.2 Å². The molecule has 1 amide bonds. The molecule has 37 heavy (non-hydrogen) atoms. The predicted molar refractivity (Wildman–Crippen MR) is 136 cm³/mol. The third-order valence-corrected chi connectivity index (χ3v) is 8.29. The number of ketones is 1. The number of hydrogen-bond acceptors (Lipinski definition) is 4. The van der Waals surface area contributed by atoms with E-state index in [-0.39, 0.29) is 48.8 Å². The van der Waals surface area contributed by atoms with Crippen LogP contribution in [0.1, 0.15) is 53.9 Å². The number of ether oxygens (including phenoxy) is 1. The van der Waals surface area contributed by atoms with E-state index >= 15 is 0 Å². The van der Waals surface area contributed by atoms with E-state index in [1.165, 1.54) is 40.5 Å². The Hall–Kier alpha value is -3.98. The first-order valence-corrected chi connectivity index (χ1v) is 12.9. The van der Waals surface area contributed by atoms with Crippen molar-refractivity contribution in [3.63, 3.8) is 0 Å². The molecule has 0 spiro atoms. The van der Waals surface area contributed by atoms with Crippen LogP contribution in [-0.4, -0.2) is 35.5 Å². The number of carbonyl (C=O) groups excluding carboxylic acids is 2. The van der Waals surface area contributed by atoms with E-state index < -0.39 is 5.82 Å². The maximum absolute atomic E-state index is 13.7. The van der Waals surface area contributed by atoms with Gasteiger partial charge >= 0.3 is 6.09 Å². The van der Waals surface area contributed by atoms with E-state index in [2.05, 4.69) is 24.3 Å². The summed E-state index contributed by atoms with van der Waals surface area (Å²) >= 11 is 0. The van der Waals surface area contributed by atoms with Crippen LogP contribution in [0, 0.1) is 23.1 Å². The Balaban J connectivity index is 1.12. The first-order chi connectivity index (χ1) is 18.0. The molecule has 2 atom stereocenters. The fourth-order valence-electron chi connectivity index (χ4n) is 6.56. The van der Waals surface area contributed by atoms with Crippen LogP contribution in [0.5, 0.6) is 0 Å². The van der Waals surface area contributed by atoms with Crippen molar-refractivity contribution >= 4 is 11.9 Å². The first-order valence-electron chi connectivity index (χ1n) is 12.9. The van der Waals surface area contributed by atoms with E-state index in [4.69, 9.17) is 4.74 Å². The Morgan fingerprint density at radius 1 is 0.946 bits per heavy atom. The molecule has 2 bridgehead atoms. The lowest BCUT2D eigenvalue weighted by molar-refractivity contribution is -0.124. The number of piperidine rings is 1. The summed E-state index contributed by atoms with van der Waals surface area (Å²) in [6, 6.07) is 22.4. The van der Waals surface area contributed by atoms with Gasteiger partial charge in [0.25, 0.3) is 0 Å². The zero-order chi connectivity index (χ0) is 25.5. The van der Waals surface area contributed by atoms with Crippen molar-refractivity contribution in [3.8, 4) is 17.2 Å². The van der Waals surface area contributed by atoms with Crippen molar-refractivity contribution in [2.75, 3.05) is 6.61 Å². The largest absolute Gasteiger partial charge is 0.448 e. The lowest BCUT2D eigenvalue weighted by Crippen LogP contribution is -2.48. The topological polar surface area (TPSA) is 70.4 Å². The maximum atomic E-state index is 13.7. The zero-order valence-corrected chi connectivity index (χ0v) is 20.4. The quantitative estimate of drug-likeness (QED) is 0.436. The van der Waals surface area contributed by atoms with Gasteiger partial charge in [-0.3, -0.25) is 4.79 Å². The minimum atomic E-state index is -0.452. The third kappa shape index (κ3) is 4.19. The highest BCUT2D eigenvalue weighted by Crippen LogP contribution is 2.45. The lowest BCUT2D eigenvalue weighted by Gasteiger charge is -2.37. The average molecular weight is 495 g/mol. The number of benzene rings is 3. The van der Waals surface area contributed by atoms with Crippen molar-refractivity contribution < 1.29 is 18.7 Å². The Morgan fingerprint density at radius 3 is 2.19 bits per heavy atom. The number of carbonyl (C=O) groups is 2. The van der Waals surface area contributed by atoms with E-state index in [1.54, 1.807) is 0 Å². The molecule has 186 valence electrons. The molecule has 0 saturated carbocycles. The number of amides is 1. The van der Waals surface area contributed by atoms with Gasteiger partial charge in [0.05, 0.1) is 11.6 Å². The maximum Gasteiger partial charge on any atom is 0.410 e. The monoisotopic (exact) mass is 494 g/mol. The Morgan fingerprint density at radius 2 is 1.57 bits per heavy atom. The summed E-state index contributed by atoms with van der Waals surface area (Å²) in [4.78, 5) is 28.2. The zero-order valence-electron chi connectivity index (χ0n) is 20.4. The highest BCUT2D eigenvalue weighted by molar-refractivity contribution is 5.84. The van der Waals surface area contributed by atoms with Gasteiger partial charge in [-0.1, -0.05) is 48.5 Å². The molecule has 0 N–H and O–H groups in total. The highest BCUT2D eigenvalue weighted by Gasteiger charge is 2.46. The molecule has 6 heteroatoms. The van der Waals surface area contributed by atoms with Crippen molar-refractivity contribution in [2.24, 2.45) is 5.92 Å². The standard InChI is InChI=1S/C31H27FN2O3/c32-22-10-9-19(17-33)20(13-22)16-30(35)21-14-23-11-12-24(15-21)34(23)31(36)37-18-29-27-7-3-1-5-25(27)26-6-2-4-8-28(26)29/h1-10,13,21,23-24,29H,11-12,14-16,18H2. The van der Waals surface area contributed by atoms with Crippen LogP contribution in [0.25, 0.3) is 11.1 Å². The SMILES string of the molecule is N#Cc1ccc(F)cc1CC(=O)C1CC2CCC(C1)N2C(=O)OCC1c2ccccc2-c2ccccc21. The fourth-order valence-corrected chi connectivity index (χ4v) is 6.56.